The Morgan fingerprint density at radius 1 is 1.12 bits per heavy atom. The summed E-state index contributed by atoms with van der Waals surface area (Å²) >= 11 is 0. The van der Waals surface area contributed by atoms with Crippen LogP contribution in [0.4, 0.5) is 5.95 Å². The molecule has 7 nitrogen and oxygen atoms in total. The largest absolute Gasteiger partial charge is 0.464 e. The topological polar surface area (TPSA) is 98.4 Å². The van der Waals surface area contributed by atoms with Gasteiger partial charge in [-0.2, -0.15) is 0 Å². The normalized spacial score (nSPS) is 15.4. The lowest BCUT2D eigenvalue weighted by atomic mass is 9.96. The molecule has 4 heterocycles. The van der Waals surface area contributed by atoms with Gasteiger partial charge in [0.15, 0.2) is 5.76 Å². The van der Waals surface area contributed by atoms with Gasteiger partial charge < -0.3 is 19.5 Å². The highest BCUT2D eigenvalue weighted by Gasteiger charge is 2.25. The average molecular weight is 338 g/mol. The second-order valence-corrected chi connectivity index (χ2v) is 6.05. The van der Waals surface area contributed by atoms with Crippen molar-refractivity contribution in [2.75, 3.05) is 18.0 Å². The fourth-order valence-corrected chi connectivity index (χ4v) is 3.10. The Morgan fingerprint density at radius 3 is 2.40 bits per heavy atom. The van der Waals surface area contributed by atoms with Gasteiger partial charge in [0, 0.05) is 25.2 Å². The van der Waals surface area contributed by atoms with Crippen molar-refractivity contribution in [1.82, 2.24) is 9.97 Å². The summed E-state index contributed by atoms with van der Waals surface area (Å²) in [6.07, 6.45) is 6.41. The molecule has 0 bridgehead atoms. The molecule has 3 aromatic rings. The predicted molar refractivity (Wildman–Crippen MR) is 91.6 cm³/mol. The lowest BCUT2D eigenvalue weighted by Crippen LogP contribution is -2.39. The van der Waals surface area contributed by atoms with E-state index in [1.54, 1.807) is 18.7 Å². The highest BCUT2D eigenvalue weighted by molar-refractivity contribution is 5.77. The van der Waals surface area contributed by atoms with Crippen molar-refractivity contribution in [3.05, 3.63) is 43.0 Å². The average Bonchev–Trinajstić information content (AvgIpc) is 3.35. The lowest BCUT2D eigenvalue weighted by Gasteiger charge is -2.30. The Balaban J connectivity index is 1.67. The maximum absolute atomic E-state index is 11.3. The van der Waals surface area contributed by atoms with E-state index in [0.29, 0.717) is 49.1 Å². The maximum Gasteiger partial charge on any atom is 0.226 e. The third kappa shape index (κ3) is 3.00. The molecule has 1 aliphatic rings. The van der Waals surface area contributed by atoms with Gasteiger partial charge in [-0.25, -0.2) is 9.97 Å². The van der Waals surface area contributed by atoms with Gasteiger partial charge in [-0.3, -0.25) is 4.79 Å². The van der Waals surface area contributed by atoms with Gasteiger partial charge in [0.2, 0.25) is 11.9 Å². The molecule has 0 radical (unpaired) electrons. The van der Waals surface area contributed by atoms with Crippen LogP contribution in [0.15, 0.2) is 51.8 Å². The van der Waals surface area contributed by atoms with E-state index in [-0.39, 0.29) is 11.8 Å². The number of amides is 1. The number of aromatic nitrogens is 2. The van der Waals surface area contributed by atoms with Crippen LogP contribution in [0.25, 0.3) is 22.8 Å². The van der Waals surface area contributed by atoms with Crippen LogP contribution in [0.5, 0.6) is 0 Å². The Labute approximate surface area is 144 Å². The van der Waals surface area contributed by atoms with E-state index < -0.39 is 0 Å². The zero-order chi connectivity index (χ0) is 17.2. The summed E-state index contributed by atoms with van der Waals surface area (Å²) in [4.78, 5) is 22.6. The molecule has 1 aliphatic heterocycles. The van der Waals surface area contributed by atoms with Gasteiger partial charge in [0.1, 0.15) is 11.5 Å². The number of hydrogen-bond donors (Lipinski definition) is 1. The van der Waals surface area contributed by atoms with Crippen molar-refractivity contribution >= 4 is 11.9 Å². The van der Waals surface area contributed by atoms with Crippen molar-refractivity contribution in [2.45, 2.75) is 12.8 Å². The fourth-order valence-electron chi connectivity index (χ4n) is 3.10. The van der Waals surface area contributed by atoms with Crippen LogP contribution < -0.4 is 10.6 Å². The first-order valence-corrected chi connectivity index (χ1v) is 8.21. The first kappa shape index (κ1) is 15.4. The highest BCUT2D eigenvalue weighted by Crippen LogP contribution is 2.32. The minimum Gasteiger partial charge on any atom is -0.464 e. The molecule has 25 heavy (non-hydrogen) atoms. The molecule has 0 saturated carbocycles. The molecule has 0 unspecified atom stereocenters. The second-order valence-electron chi connectivity index (χ2n) is 6.05. The molecule has 0 aliphatic carbocycles. The Hall–Kier alpha value is -3.09. The maximum atomic E-state index is 11.3. The van der Waals surface area contributed by atoms with Crippen molar-refractivity contribution in [1.29, 1.82) is 0 Å². The quantitative estimate of drug-likeness (QED) is 0.785. The van der Waals surface area contributed by atoms with Gasteiger partial charge >= 0.3 is 0 Å². The monoisotopic (exact) mass is 338 g/mol. The number of piperidine rings is 1. The molecule has 4 rings (SSSR count). The Kier molecular flexibility index (Phi) is 3.97. The molecule has 0 aromatic carbocycles. The number of anilines is 1. The second kappa shape index (κ2) is 6.43. The van der Waals surface area contributed by atoms with Crippen LogP contribution in [0.2, 0.25) is 0 Å². The van der Waals surface area contributed by atoms with E-state index in [1.807, 2.05) is 24.3 Å². The smallest absolute Gasteiger partial charge is 0.226 e. The van der Waals surface area contributed by atoms with Crippen molar-refractivity contribution < 1.29 is 13.6 Å². The number of hydrogen-bond acceptors (Lipinski definition) is 6. The molecule has 1 amide bonds. The van der Waals surface area contributed by atoms with Gasteiger partial charge in [-0.1, -0.05) is 0 Å². The van der Waals surface area contributed by atoms with E-state index in [0.717, 1.165) is 5.56 Å². The zero-order valence-corrected chi connectivity index (χ0v) is 13.6. The molecular weight excluding hydrogens is 320 g/mol. The van der Waals surface area contributed by atoms with Crippen molar-refractivity contribution in [3.63, 3.8) is 0 Å². The third-order valence-electron chi connectivity index (χ3n) is 4.50. The first-order valence-electron chi connectivity index (χ1n) is 8.21. The number of nitrogens with two attached hydrogens (primary N) is 1. The number of carbonyl (C=O) groups excluding carboxylic acids is 1. The molecular formula is C18H18N4O3. The summed E-state index contributed by atoms with van der Waals surface area (Å²) in [6, 6.07) is 7.37. The van der Waals surface area contributed by atoms with E-state index in [9.17, 15) is 4.79 Å². The number of furan rings is 2. The summed E-state index contributed by atoms with van der Waals surface area (Å²) in [7, 11) is 0. The summed E-state index contributed by atoms with van der Waals surface area (Å²) in [6.45, 7) is 1.40. The zero-order valence-electron chi connectivity index (χ0n) is 13.6. The van der Waals surface area contributed by atoms with Gasteiger partial charge in [0.25, 0.3) is 0 Å². The van der Waals surface area contributed by atoms with E-state index in [1.165, 1.54) is 0 Å². The SMILES string of the molecule is NC(=O)C1CCN(c2ncc(-c3ccco3)c(-c3ccco3)n2)CC1. The van der Waals surface area contributed by atoms with Crippen LogP contribution in [-0.2, 0) is 4.79 Å². The number of primary amides is 1. The van der Waals surface area contributed by atoms with Crippen LogP contribution in [0.3, 0.4) is 0 Å². The lowest BCUT2D eigenvalue weighted by molar-refractivity contribution is -0.122. The molecule has 1 fully saturated rings. The molecule has 3 aromatic heterocycles. The van der Waals surface area contributed by atoms with E-state index >= 15 is 0 Å². The molecule has 7 heteroatoms. The minimum absolute atomic E-state index is 0.0665. The Bertz CT molecular complexity index is 851. The van der Waals surface area contributed by atoms with Crippen molar-refractivity contribution in [2.24, 2.45) is 11.7 Å². The van der Waals surface area contributed by atoms with Gasteiger partial charge in [0.05, 0.1) is 18.1 Å². The predicted octanol–water partition coefficient (Wildman–Crippen LogP) is 2.70. The highest BCUT2D eigenvalue weighted by atomic mass is 16.3. The Morgan fingerprint density at radius 2 is 1.80 bits per heavy atom. The summed E-state index contributed by atoms with van der Waals surface area (Å²) in [5.41, 5.74) is 6.86. The molecule has 0 atom stereocenters. The minimum atomic E-state index is -0.231. The number of rotatable bonds is 4. The van der Waals surface area contributed by atoms with Crippen molar-refractivity contribution in [3.8, 4) is 22.8 Å². The summed E-state index contributed by atoms with van der Waals surface area (Å²) < 4.78 is 11.0. The molecule has 128 valence electrons. The van der Waals surface area contributed by atoms with Crippen LogP contribution in [0, 0.1) is 5.92 Å². The van der Waals surface area contributed by atoms with Gasteiger partial charge in [-0.05, 0) is 37.1 Å². The fraction of sp³-hybridized carbons (Fsp3) is 0.278. The van der Waals surface area contributed by atoms with Crippen LogP contribution in [0.1, 0.15) is 12.8 Å². The standard InChI is InChI=1S/C18H18N4O3/c19-17(23)12-5-7-22(8-6-12)18-20-11-13(14-3-1-9-24-14)16(21-18)15-4-2-10-25-15/h1-4,9-12H,5-8H2,(H2,19,23). The van der Waals surface area contributed by atoms with E-state index in [2.05, 4.69) is 9.88 Å². The number of carbonyl (C=O) groups is 1. The van der Waals surface area contributed by atoms with Crippen LogP contribution >= 0.6 is 0 Å². The summed E-state index contributed by atoms with van der Waals surface area (Å²) in [5.74, 6) is 1.66. The summed E-state index contributed by atoms with van der Waals surface area (Å²) in [5, 5.41) is 0. The first-order chi connectivity index (χ1) is 12.2. The molecule has 2 N–H and O–H groups in total. The van der Waals surface area contributed by atoms with E-state index in [4.69, 9.17) is 19.6 Å². The van der Waals surface area contributed by atoms with Crippen LogP contribution in [-0.4, -0.2) is 29.0 Å². The molecule has 0 spiro atoms. The third-order valence-corrected chi connectivity index (χ3v) is 4.50. The molecule has 1 saturated heterocycles. The van der Waals surface area contributed by atoms with Gasteiger partial charge in [-0.15, -0.1) is 0 Å². The number of nitrogens with zero attached hydrogens (tertiary/aromatic N) is 3.